The number of aliphatic hydroxyl groups excluding tert-OH is 1. The van der Waals surface area contributed by atoms with Crippen molar-refractivity contribution in [3.05, 3.63) is 94.5 Å². The lowest BCUT2D eigenvalue weighted by Crippen LogP contribution is -2.39. The minimum atomic E-state index is -0.121. The Balaban J connectivity index is 1.52. The second kappa shape index (κ2) is 8.55. The van der Waals surface area contributed by atoms with E-state index in [1.807, 2.05) is 60.7 Å². The van der Waals surface area contributed by atoms with Gasteiger partial charge in [-0.15, -0.1) is 0 Å². The van der Waals surface area contributed by atoms with Gasteiger partial charge >= 0.3 is 0 Å². The molecule has 0 amide bonds. The molecule has 2 aromatic rings. The zero-order valence-corrected chi connectivity index (χ0v) is 16.9. The molecule has 0 aromatic heterocycles. The van der Waals surface area contributed by atoms with Crippen LogP contribution in [0.2, 0.25) is 0 Å². The van der Waals surface area contributed by atoms with Crippen molar-refractivity contribution < 1.29 is 9.84 Å². The molecule has 30 heavy (non-hydrogen) atoms. The number of hydrogen-bond donors (Lipinski definition) is 4. The number of allylic oxidation sites excluding steroid dienone is 2. The van der Waals surface area contributed by atoms with Crippen LogP contribution in [0.25, 0.3) is 11.5 Å². The molecular formula is C24H28N4O2. The van der Waals surface area contributed by atoms with Crippen molar-refractivity contribution >= 4 is 11.5 Å². The van der Waals surface area contributed by atoms with Gasteiger partial charge in [0.25, 0.3) is 0 Å². The Hall–Kier alpha value is -3.38. The first kappa shape index (κ1) is 19.9. The summed E-state index contributed by atoms with van der Waals surface area (Å²) in [5.74, 6) is 0.640. The molecule has 1 unspecified atom stereocenters. The standard InChI is InChI=1S/C24H28N4O2/c25-20(16-4-2-1-3-5-16)14-21(24(26)27)28-12-13-30-22(15-28)17-6-8-18(9-7-17)23(29)19-10-11-19/h1-9,14,22,29H,10-13,15,25-27H2/b20-14-. The predicted molar refractivity (Wildman–Crippen MR) is 119 cm³/mol. The molecule has 1 saturated heterocycles. The van der Waals surface area contributed by atoms with E-state index in [2.05, 4.69) is 4.90 Å². The van der Waals surface area contributed by atoms with E-state index in [1.165, 1.54) is 0 Å². The fourth-order valence-corrected chi connectivity index (χ4v) is 3.65. The summed E-state index contributed by atoms with van der Waals surface area (Å²) in [5.41, 5.74) is 23.6. The number of ether oxygens (including phenoxy) is 1. The Morgan fingerprint density at radius 1 is 0.967 bits per heavy atom. The van der Waals surface area contributed by atoms with Crippen molar-refractivity contribution in [2.45, 2.75) is 18.9 Å². The summed E-state index contributed by atoms with van der Waals surface area (Å²) < 4.78 is 6.00. The zero-order valence-electron chi connectivity index (χ0n) is 16.9. The lowest BCUT2D eigenvalue weighted by molar-refractivity contribution is -0.0172. The lowest BCUT2D eigenvalue weighted by Gasteiger charge is -2.35. The third kappa shape index (κ3) is 4.44. The highest BCUT2D eigenvalue weighted by atomic mass is 16.5. The van der Waals surface area contributed by atoms with Crippen LogP contribution in [-0.4, -0.2) is 29.7 Å². The summed E-state index contributed by atoms with van der Waals surface area (Å²) in [5, 5.41) is 10.2. The van der Waals surface area contributed by atoms with Gasteiger partial charge in [-0.25, -0.2) is 0 Å². The van der Waals surface area contributed by atoms with E-state index in [4.69, 9.17) is 21.9 Å². The Kier molecular flexibility index (Phi) is 5.68. The molecule has 1 heterocycles. The van der Waals surface area contributed by atoms with Crippen molar-refractivity contribution in [2.75, 3.05) is 19.7 Å². The van der Waals surface area contributed by atoms with Crippen LogP contribution in [-0.2, 0) is 4.74 Å². The number of nitrogens with two attached hydrogens (primary N) is 3. The van der Waals surface area contributed by atoms with Crippen LogP contribution in [0.15, 0.2) is 77.8 Å². The van der Waals surface area contributed by atoms with Crippen molar-refractivity contribution in [2.24, 2.45) is 17.2 Å². The fourth-order valence-electron chi connectivity index (χ4n) is 3.65. The first-order valence-corrected chi connectivity index (χ1v) is 10.2. The normalized spacial score (nSPS) is 18.8. The molecule has 1 saturated carbocycles. The van der Waals surface area contributed by atoms with Gasteiger partial charge in [-0.1, -0.05) is 54.6 Å². The van der Waals surface area contributed by atoms with Crippen LogP contribution < -0.4 is 17.2 Å². The Morgan fingerprint density at radius 2 is 1.67 bits per heavy atom. The average Bonchev–Trinajstić information content (AvgIpc) is 3.63. The zero-order chi connectivity index (χ0) is 21.1. The van der Waals surface area contributed by atoms with Crippen molar-refractivity contribution in [3.8, 4) is 0 Å². The topological polar surface area (TPSA) is 111 Å². The van der Waals surface area contributed by atoms with E-state index < -0.39 is 0 Å². The summed E-state index contributed by atoms with van der Waals surface area (Å²) in [7, 11) is 0. The van der Waals surface area contributed by atoms with Gasteiger partial charge in [0.2, 0.25) is 0 Å². The minimum Gasteiger partial charge on any atom is -0.507 e. The molecule has 2 fully saturated rings. The fraction of sp³-hybridized carbons (Fsp3) is 0.250. The van der Waals surface area contributed by atoms with Crippen LogP contribution in [0.5, 0.6) is 0 Å². The predicted octanol–water partition coefficient (Wildman–Crippen LogP) is 3.21. The molecule has 1 aliphatic carbocycles. The number of morpholine rings is 1. The first-order valence-electron chi connectivity index (χ1n) is 10.2. The van der Waals surface area contributed by atoms with E-state index in [9.17, 15) is 5.11 Å². The third-order valence-corrected chi connectivity index (χ3v) is 5.49. The largest absolute Gasteiger partial charge is 0.507 e. The second-order valence-corrected chi connectivity index (χ2v) is 7.69. The van der Waals surface area contributed by atoms with E-state index in [1.54, 1.807) is 0 Å². The summed E-state index contributed by atoms with van der Waals surface area (Å²) >= 11 is 0. The van der Waals surface area contributed by atoms with E-state index in [0.29, 0.717) is 36.8 Å². The highest BCUT2D eigenvalue weighted by molar-refractivity contribution is 5.66. The van der Waals surface area contributed by atoms with Crippen LogP contribution in [0, 0.1) is 0 Å². The Bertz CT molecular complexity index is 984. The smallest absolute Gasteiger partial charge is 0.122 e. The number of nitrogens with zero attached hydrogens (tertiary/aromatic N) is 1. The van der Waals surface area contributed by atoms with Gasteiger partial charge in [-0.2, -0.15) is 0 Å². The molecule has 0 bridgehead atoms. The highest BCUT2D eigenvalue weighted by Gasteiger charge is 2.25. The van der Waals surface area contributed by atoms with E-state index in [-0.39, 0.29) is 11.9 Å². The van der Waals surface area contributed by atoms with Crippen LogP contribution in [0.1, 0.15) is 35.6 Å². The molecule has 7 N–H and O–H groups in total. The first-order chi connectivity index (χ1) is 14.5. The third-order valence-electron chi connectivity index (χ3n) is 5.49. The molecule has 6 nitrogen and oxygen atoms in total. The number of aliphatic hydroxyl groups is 1. The summed E-state index contributed by atoms with van der Waals surface area (Å²) in [6.07, 6.45) is 3.69. The van der Waals surface area contributed by atoms with E-state index in [0.717, 1.165) is 35.1 Å². The van der Waals surface area contributed by atoms with Gasteiger partial charge in [-0.3, -0.25) is 0 Å². The minimum absolute atomic E-state index is 0.121. The number of benzene rings is 2. The monoisotopic (exact) mass is 404 g/mol. The van der Waals surface area contributed by atoms with Gasteiger partial charge in [0.1, 0.15) is 17.7 Å². The van der Waals surface area contributed by atoms with Gasteiger partial charge in [0.15, 0.2) is 0 Å². The molecule has 2 aliphatic rings. The maximum absolute atomic E-state index is 10.2. The molecule has 1 aliphatic heterocycles. The van der Waals surface area contributed by atoms with Crippen molar-refractivity contribution in [1.82, 2.24) is 4.90 Å². The van der Waals surface area contributed by atoms with Gasteiger partial charge in [0, 0.05) is 24.4 Å². The van der Waals surface area contributed by atoms with E-state index >= 15 is 0 Å². The van der Waals surface area contributed by atoms with Crippen LogP contribution in [0.3, 0.4) is 0 Å². The Labute approximate surface area is 176 Å². The maximum atomic E-state index is 10.2. The molecule has 2 aromatic carbocycles. The molecule has 4 rings (SSSR count). The van der Waals surface area contributed by atoms with Gasteiger partial charge < -0.3 is 31.9 Å². The molecule has 0 radical (unpaired) electrons. The molecule has 1 atom stereocenters. The molecule has 0 spiro atoms. The SMILES string of the molecule is NC(N)=C(/C=C(\N)c1ccccc1)N1CCOC(c2ccc(C(O)=C3CC3)cc2)C1. The lowest BCUT2D eigenvalue weighted by atomic mass is 10.0. The highest BCUT2D eigenvalue weighted by Crippen LogP contribution is 2.35. The Morgan fingerprint density at radius 3 is 2.30 bits per heavy atom. The molecule has 156 valence electrons. The van der Waals surface area contributed by atoms with Gasteiger partial charge in [-0.05, 0) is 35.6 Å². The maximum Gasteiger partial charge on any atom is 0.122 e. The average molecular weight is 405 g/mol. The molecular weight excluding hydrogens is 376 g/mol. The van der Waals surface area contributed by atoms with Crippen molar-refractivity contribution in [1.29, 1.82) is 0 Å². The summed E-state index contributed by atoms with van der Waals surface area (Å²) in [4.78, 5) is 2.11. The number of rotatable bonds is 5. The summed E-state index contributed by atoms with van der Waals surface area (Å²) in [6.45, 7) is 1.84. The second-order valence-electron chi connectivity index (χ2n) is 7.69. The van der Waals surface area contributed by atoms with Crippen LogP contribution in [0.4, 0.5) is 0 Å². The van der Waals surface area contributed by atoms with Crippen LogP contribution >= 0.6 is 0 Å². The quantitative estimate of drug-likeness (QED) is 0.450. The van der Waals surface area contributed by atoms with Gasteiger partial charge in [0.05, 0.1) is 12.3 Å². The molecule has 6 heteroatoms. The number of hydrogen-bond acceptors (Lipinski definition) is 6. The summed E-state index contributed by atoms with van der Waals surface area (Å²) in [6, 6.07) is 17.6. The van der Waals surface area contributed by atoms with Crippen molar-refractivity contribution in [3.63, 3.8) is 0 Å².